The Morgan fingerprint density at radius 3 is 2.58 bits per heavy atom. The maximum atomic E-state index is 9.65. The molecule has 2 fully saturated rings. The van der Waals surface area contributed by atoms with E-state index in [1.807, 2.05) is 12.1 Å². The zero-order valence-corrected chi connectivity index (χ0v) is 15.8. The number of aliphatic hydroxyl groups is 1. The molecule has 0 radical (unpaired) electrons. The van der Waals surface area contributed by atoms with Gasteiger partial charge in [-0.15, -0.1) is 0 Å². The summed E-state index contributed by atoms with van der Waals surface area (Å²) in [5.41, 5.74) is 3.84. The number of nitrogens with zero attached hydrogens (tertiary/aromatic N) is 1. The smallest absolute Gasteiger partial charge is 0.0564 e. The van der Waals surface area contributed by atoms with Gasteiger partial charge < -0.3 is 10.4 Å². The summed E-state index contributed by atoms with van der Waals surface area (Å²) in [4.78, 5) is 2.43. The molecule has 1 aliphatic heterocycles. The van der Waals surface area contributed by atoms with Gasteiger partial charge in [0.1, 0.15) is 0 Å². The van der Waals surface area contributed by atoms with E-state index >= 15 is 0 Å². The predicted octanol–water partition coefficient (Wildman–Crippen LogP) is 4.65. The molecule has 2 aliphatic rings. The Bertz CT molecular complexity index is 736. The summed E-state index contributed by atoms with van der Waals surface area (Å²) in [5, 5.41) is 14.2. The first-order valence-electron chi connectivity index (χ1n) is 9.67. The number of rotatable bonds is 5. The van der Waals surface area contributed by atoms with Crippen LogP contribution in [-0.2, 0) is 6.54 Å². The Balaban J connectivity index is 1.30. The minimum absolute atomic E-state index is 0.107. The molecule has 1 saturated carbocycles. The van der Waals surface area contributed by atoms with Crippen molar-refractivity contribution in [2.24, 2.45) is 0 Å². The molecular formula is C22H27ClN2O. The first-order valence-corrected chi connectivity index (χ1v) is 10.1. The number of aliphatic hydroxyl groups excluding tert-OH is 1. The highest BCUT2D eigenvalue weighted by Crippen LogP contribution is 2.41. The van der Waals surface area contributed by atoms with Crippen molar-refractivity contribution >= 4 is 17.3 Å². The molecule has 1 heterocycles. The summed E-state index contributed by atoms with van der Waals surface area (Å²) in [5.74, 6) is 0.573. The van der Waals surface area contributed by atoms with Crippen LogP contribution in [-0.4, -0.2) is 35.2 Å². The molecule has 2 aromatic carbocycles. The fraction of sp³-hybridized carbons (Fsp3) is 0.455. The molecule has 0 amide bonds. The van der Waals surface area contributed by atoms with Gasteiger partial charge in [-0.1, -0.05) is 41.9 Å². The van der Waals surface area contributed by atoms with E-state index in [1.165, 1.54) is 16.8 Å². The molecule has 2 aromatic rings. The quantitative estimate of drug-likeness (QED) is 0.803. The van der Waals surface area contributed by atoms with Crippen molar-refractivity contribution in [3.05, 3.63) is 64.7 Å². The SMILES string of the molecule is OC1CCN(Cc2cccc(NC3CC(c4ccccc4Cl)C3)c2)CC1. The van der Waals surface area contributed by atoms with Gasteiger partial charge in [-0.25, -0.2) is 0 Å². The molecule has 2 N–H and O–H groups in total. The lowest BCUT2D eigenvalue weighted by molar-refractivity contribution is 0.0792. The molecule has 4 heteroatoms. The first-order chi connectivity index (χ1) is 12.7. The van der Waals surface area contributed by atoms with Crippen molar-refractivity contribution in [2.45, 2.75) is 50.3 Å². The number of halogens is 1. The average molecular weight is 371 g/mol. The highest BCUT2D eigenvalue weighted by molar-refractivity contribution is 6.31. The van der Waals surface area contributed by atoms with Crippen LogP contribution in [0, 0.1) is 0 Å². The number of nitrogens with one attached hydrogen (secondary N) is 1. The van der Waals surface area contributed by atoms with Gasteiger partial charge in [0, 0.05) is 36.4 Å². The fourth-order valence-electron chi connectivity index (χ4n) is 4.13. The first kappa shape index (κ1) is 17.8. The lowest BCUT2D eigenvalue weighted by Crippen LogP contribution is -2.35. The Morgan fingerprint density at radius 1 is 1.04 bits per heavy atom. The maximum absolute atomic E-state index is 9.65. The van der Waals surface area contributed by atoms with E-state index in [4.69, 9.17) is 11.6 Å². The molecule has 138 valence electrons. The van der Waals surface area contributed by atoms with E-state index in [0.29, 0.717) is 12.0 Å². The van der Waals surface area contributed by atoms with Crippen molar-refractivity contribution in [1.29, 1.82) is 0 Å². The van der Waals surface area contributed by atoms with Crippen LogP contribution in [0.25, 0.3) is 0 Å². The monoisotopic (exact) mass is 370 g/mol. The Hall–Kier alpha value is -1.55. The molecule has 0 spiro atoms. The Kier molecular flexibility index (Phi) is 5.49. The van der Waals surface area contributed by atoms with Gasteiger partial charge in [0.2, 0.25) is 0 Å². The van der Waals surface area contributed by atoms with Gasteiger partial charge in [0.15, 0.2) is 0 Å². The van der Waals surface area contributed by atoms with Gasteiger partial charge in [-0.05, 0) is 60.9 Å². The standard InChI is InChI=1S/C22H27ClN2O/c23-22-7-2-1-6-21(22)17-13-19(14-17)24-18-5-3-4-16(12-18)15-25-10-8-20(26)9-11-25/h1-7,12,17,19-20,24,26H,8-11,13-15H2. The average Bonchev–Trinajstić information content (AvgIpc) is 2.61. The molecule has 1 saturated heterocycles. The minimum atomic E-state index is -0.107. The third-order valence-electron chi connectivity index (χ3n) is 5.74. The second kappa shape index (κ2) is 7.99. The lowest BCUT2D eigenvalue weighted by atomic mass is 9.76. The molecule has 0 bridgehead atoms. The normalized spacial score (nSPS) is 24.2. The van der Waals surface area contributed by atoms with Crippen molar-refractivity contribution in [3.8, 4) is 0 Å². The van der Waals surface area contributed by atoms with Gasteiger partial charge >= 0.3 is 0 Å². The molecule has 0 atom stereocenters. The second-order valence-corrected chi connectivity index (χ2v) is 8.15. The van der Waals surface area contributed by atoms with Gasteiger partial charge in [-0.3, -0.25) is 4.90 Å². The third kappa shape index (κ3) is 4.22. The number of anilines is 1. The van der Waals surface area contributed by atoms with Crippen LogP contribution in [0.3, 0.4) is 0 Å². The summed E-state index contributed by atoms with van der Waals surface area (Å²) in [7, 11) is 0. The number of benzene rings is 2. The van der Waals surface area contributed by atoms with Crippen molar-refractivity contribution < 1.29 is 5.11 Å². The lowest BCUT2D eigenvalue weighted by Gasteiger charge is -2.37. The molecule has 0 aromatic heterocycles. The van der Waals surface area contributed by atoms with E-state index in [9.17, 15) is 5.11 Å². The number of likely N-dealkylation sites (tertiary alicyclic amines) is 1. The highest BCUT2D eigenvalue weighted by atomic mass is 35.5. The molecule has 4 rings (SSSR count). The Labute approximate surface area is 161 Å². The van der Waals surface area contributed by atoms with Crippen LogP contribution in [0.5, 0.6) is 0 Å². The number of hydrogen-bond acceptors (Lipinski definition) is 3. The fourth-order valence-corrected chi connectivity index (χ4v) is 4.42. The van der Waals surface area contributed by atoms with Gasteiger partial charge in [0.05, 0.1) is 6.10 Å². The molecule has 1 aliphatic carbocycles. The van der Waals surface area contributed by atoms with Crippen molar-refractivity contribution in [3.63, 3.8) is 0 Å². The highest BCUT2D eigenvalue weighted by Gasteiger charge is 2.31. The predicted molar refractivity (Wildman–Crippen MR) is 108 cm³/mol. The van der Waals surface area contributed by atoms with Crippen LogP contribution < -0.4 is 5.32 Å². The van der Waals surface area contributed by atoms with Crippen LogP contribution in [0.1, 0.15) is 42.7 Å². The molecule has 3 nitrogen and oxygen atoms in total. The van der Waals surface area contributed by atoms with E-state index in [2.05, 4.69) is 46.6 Å². The maximum Gasteiger partial charge on any atom is 0.0564 e. The molecule has 26 heavy (non-hydrogen) atoms. The third-order valence-corrected chi connectivity index (χ3v) is 6.09. The Morgan fingerprint density at radius 2 is 1.81 bits per heavy atom. The summed E-state index contributed by atoms with van der Waals surface area (Å²) in [6.45, 7) is 2.94. The minimum Gasteiger partial charge on any atom is -0.393 e. The number of piperidine rings is 1. The van der Waals surface area contributed by atoms with Crippen LogP contribution in [0.4, 0.5) is 5.69 Å². The van der Waals surface area contributed by atoms with Crippen LogP contribution in [0.2, 0.25) is 5.02 Å². The second-order valence-electron chi connectivity index (χ2n) is 7.74. The summed E-state index contributed by atoms with van der Waals surface area (Å²) in [6.07, 6.45) is 3.95. The van der Waals surface area contributed by atoms with Crippen molar-refractivity contribution in [1.82, 2.24) is 4.90 Å². The van der Waals surface area contributed by atoms with Crippen molar-refractivity contribution in [2.75, 3.05) is 18.4 Å². The number of hydrogen-bond donors (Lipinski definition) is 2. The van der Waals surface area contributed by atoms with Gasteiger partial charge in [0.25, 0.3) is 0 Å². The summed E-state index contributed by atoms with van der Waals surface area (Å²) in [6, 6.07) is 17.5. The zero-order valence-electron chi connectivity index (χ0n) is 15.1. The van der Waals surface area contributed by atoms with Gasteiger partial charge in [-0.2, -0.15) is 0 Å². The topological polar surface area (TPSA) is 35.5 Å². The largest absolute Gasteiger partial charge is 0.393 e. The van der Waals surface area contributed by atoms with E-state index < -0.39 is 0 Å². The molecular weight excluding hydrogens is 344 g/mol. The van der Waals surface area contributed by atoms with Crippen LogP contribution >= 0.6 is 11.6 Å². The van der Waals surface area contributed by atoms with Crippen LogP contribution in [0.15, 0.2) is 48.5 Å². The zero-order chi connectivity index (χ0) is 17.9. The van der Waals surface area contributed by atoms with E-state index in [1.54, 1.807) is 0 Å². The van der Waals surface area contributed by atoms with E-state index in [0.717, 1.165) is 50.3 Å². The van der Waals surface area contributed by atoms with E-state index in [-0.39, 0.29) is 6.10 Å². The summed E-state index contributed by atoms with van der Waals surface area (Å²) >= 11 is 6.32. The summed E-state index contributed by atoms with van der Waals surface area (Å²) < 4.78 is 0. The molecule has 0 unspecified atom stereocenters.